The first-order valence-corrected chi connectivity index (χ1v) is 9.74. The van der Waals surface area contributed by atoms with E-state index >= 15 is 0 Å². The Morgan fingerprint density at radius 2 is 1.74 bits per heavy atom. The lowest BCUT2D eigenvalue weighted by atomic mass is 10.0. The third-order valence-electron chi connectivity index (χ3n) is 4.67. The Bertz CT molecular complexity index is 1080. The summed E-state index contributed by atoms with van der Waals surface area (Å²) in [4.78, 5) is 14.3. The van der Waals surface area contributed by atoms with Crippen molar-refractivity contribution < 1.29 is 13.3 Å². The normalized spacial score (nSPS) is 17.4. The van der Waals surface area contributed by atoms with E-state index in [0.717, 1.165) is 11.3 Å². The lowest BCUT2D eigenvalue weighted by Gasteiger charge is -2.36. The number of hydrogen-bond donors (Lipinski definition) is 0. The monoisotopic (exact) mass is 384 g/mol. The fourth-order valence-corrected chi connectivity index (χ4v) is 4.96. The van der Waals surface area contributed by atoms with Gasteiger partial charge in [0.05, 0.1) is 15.9 Å². The van der Waals surface area contributed by atoms with Crippen molar-refractivity contribution >= 4 is 15.7 Å². The van der Waals surface area contributed by atoms with Gasteiger partial charge in [0.1, 0.15) is 0 Å². The van der Waals surface area contributed by atoms with Crippen LogP contribution < -0.4 is 0 Å². The molecule has 0 saturated carbocycles. The van der Waals surface area contributed by atoms with Crippen LogP contribution in [0.25, 0.3) is 0 Å². The fourth-order valence-electron chi connectivity index (χ4n) is 3.38. The Labute approximate surface area is 155 Å². The summed E-state index contributed by atoms with van der Waals surface area (Å²) in [6.45, 7) is 0.837. The highest BCUT2D eigenvalue weighted by atomic mass is 32.2. The minimum Gasteiger partial charge on any atom is -0.348 e. The van der Waals surface area contributed by atoms with Crippen molar-refractivity contribution in [2.45, 2.75) is 17.5 Å². The molecule has 27 heavy (non-hydrogen) atoms. The van der Waals surface area contributed by atoms with Crippen molar-refractivity contribution in [3.8, 4) is 0 Å². The van der Waals surface area contributed by atoms with E-state index in [0.29, 0.717) is 13.1 Å². The zero-order chi connectivity index (χ0) is 19.0. The lowest BCUT2D eigenvalue weighted by Crippen LogP contribution is -2.42. The summed E-state index contributed by atoms with van der Waals surface area (Å²) >= 11 is 0. The first-order chi connectivity index (χ1) is 13.0. The number of fused-ring (bicyclic) bond motifs is 1. The average Bonchev–Trinajstić information content (AvgIpc) is 3.16. The second-order valence-electron chi connectivity index (χ2n) is 6.18. The minimum atomic E-state index is -3.85. The Hall–Kier alpha value is -3.04. The quantitative estimate of drug-likeness (QED) is 0.509. The standard InChI is InChI=1S/C18H16N4O4S/c23-22(24)15-3-5-16(6-4-15)27(25,26)21-13-12-20-11-1-2-17(20)18(21)14-7-9-19-10-8-14/h1-11,18H,12-13H2. The van der Waals surface area contributed by atoms with Crippen LogP contribution in [-0.4, -0.2) is 33.7 Å². The van der Waals surface area contributed by atoms with Crippen LogP contribution in [0.2, 0.25) is 0 Å². The molecule has 0 spiro atoms. The van der Waals surface area contributed by atoms with Crippen molar-refractivity contribution in [1.29, 1.82) is 0 Å². The van der Waals surface area contributed by atoms with E-state index in [-0.39, 0.29) is 10.6 Å². The summed E-state index contributed by atoms with van der Waals surface area (Å²) in [5.74, 6) is 0. The molecule has 0 amide bonds. The number of hydrogen-bond acceptors (Lipinski definition) is 5. The largest absolute Gasteiger partial charge is 0.348 e. The highest BCUT2D eigenvalue weighted by Crippen LogP contribution is 2.36. The molecule has 1 aliphatic heterocycles. The Morgan fingerprint density at radius 3 is 2.41 bits per heavy atom. The third kappa shape index (κ3) is 3.00. The van der Waals surface area contributed by atoms with Crippen LogP contribution >= 0.6 is 0 Å². The fraction of sp³-hybridized carbons (Fsp3) is 0.167. The molecule has 3 aromatic rings. The molecule has 8 nitrogen and oxygen atoms in total. The minimum absolute atomic E-state index is 0.0344. The van der Waals surface area contributed by atoms with Crippen LogP contribution in [0.4, 0.5) is 5.69 Å². The molecular weight excluding hydrogens is 368 g/mol. The number of rotatable bonds is 4. The summed E-state index contributed by atoms with van der Waals surface area (Å²) in [5, 5.41) is 10.8. The van der Waals surface area contributed by atoms with Gasteiger partial charge in [-0.15, -0.1) is 0 Å². The Kier molecular flexibility index (Phi) is 4.25. The zero-order valence-electron chi connectivity index (χ0n) is 14.2. The van der Waals surface area contributed by atoms with Crippen LogP contribution in [0, 0.1) is 10.1 Å². The topological polar surface area (TPSA) is 98.3 Å². The number of nitrogens with zero attached hydrogens (tertiary/aromatic N) is 4. The van der Waals surface area contributed by atoms with E-state index < -0.39 is 21.0 Å². The Morgan fingerprint density at radius 1 is 1.04 bits per heavy atom. The van der Waals surface area contributed by atoms with Gasteiger partial charge in [-0.05, 0) is 42.0 Å². The van der Waals surface area contributed by atoms with E-state index in [1.165, 1.54) is 28.6 Å². The average molecular weight is 384 g/mol. The zero-order valence-corrected chi connectivity index (χ0v) is 15.0. The maximum absolute atomic E-state index is 13.3. The van der Waals surface area contributed by atoms with Gasteiger partial charge in [-0.2, -0.15) is 4.31 Å². The highest BCUT2D eigenvalue weighted by molar-refractivity contribution is 7.89. The first kappa shape index (κ1) is 17.4. The van der Waals surface area contributed by atoms with Gasteiger partial charge in [-0.25, -0.2) is 8.42 Å². The first-order valence-electron chi connectivity index (χ1n) is 8.30. The number of nitro groups is 1. The molecular formula is C18H16N4O4S. The number of aromatic nitrogens is 2. The molecule has 0 saturated heterocycles. The second kappa shape index (κ2) is 6.60. The van der Waals surface area contributed by atoms with Gasteiger partial charge in [-0.1, -0.05) is 0 Å². The molecule has 138 valence electrons. The van der Waals surface area contributed by atoms with Crippen LogP contribution in [0.15, 0.2) is 72.0 Å². The molecule has 1 aromatic carbocycles. The summed E-state index contributed by atoms with van der Waals surface area (Å²) in [7, 11) is -3.85. The molecule has 0 N–H and O–H groups in total. The van der Waals surface area contributed by atoms with Crippen molar-refractivity contribution in [2.75, 3.05) is 6.54 Å². The maximum atomic E-state index is 13.3. The summed E-state index contributed by atoms with van der Waals surface area (Å²) in [5.41, 5.74) is 1.54. The van der Waals surface area contributed by atoms with Crippen molar-refractivity contribution in [3.05, 3.63) is 88.5 Å². The predicted molar refractivity (Wildman–Crippen MR) is 97.5 cm³/mol. The number of nitro benzene ring substituents is 1. The summed E-state index contributed by atoms with van der Waals surface area (Å²) in [6.07, 6.45) is 5.20. The van der Waals surface area contributed by atoms with Gasteiger partial charge < -0.3 is 4.57 Å². The van der Waals surface area contributed by atoms with E-state index in [1.807, 2.05) is 22.9 Å². The molecule has 1 aliphatic rings. The lowest BCUT2D eigenvalue weighted by molar-refractivity contribution is -0.384. The highest BCUT2D eigenvalue weighted by Gasteiger charge is 2.37. The number of non-ortho nitro benzene ring substituents is 1. The van der Waals surface area contributed by atoms with Gasteiger partial charge in [0.25, 0.3) is 5.69 Å². The van der Waals surface area contributed by atoms with Gasteiger partial charge in [0, 0.05) is 49.5 Å². The molecule has 1 unspecified atom stereocenters. The smallest absolute Gasteiger partial charge is 0.269 e. The summed E-state index contributed by atoms with van der Waals surface area (Å²) in [6, 6.07) is 11.9. The maximum Gasteiger partial charge on any atom is 0.269 e. The van der Waals surface area contributed by atoms with Gasteiger partial charge >= 0.3 is 0 Å². The Balaban J connectivity index is 1.80. The van der Waals surface area contributed by atoms with E-state index in [9.17, 15) is 18.5 Å². The van der Waals surface area contributed by atoms with Crippen LogP contribution in [0.1, 0.15) is 17.3 Å². The number of pyridine rings is 1. The molecule has 2 aromatic heterocycles. The van der Waals surface area contributed by atoms with Crippen LogP contribution in [0.3, 0.4) is 0 Å². The second-order valence-corrected chi connectivity index (χ2v) is 8.07. The molecule has 9 heteroatoms. The van der Waals surface area contributed by atoms with E-state index in [1.54, 1.807) is 24.5 Å². The summed E-state index contributed by atoms with van der Waals surface area (Å²) < 4.78 is 30.1. The van der Waals surface area contributed by atoms with Gasteiger partial charge in [0.2, 0.25) is 10.0 Å². The SMILES string of the molecule is O=[N+]([O-])c1ccc(S(=O)(=O)N2CCn3cccc3C2c2ccncc2)cc1. The molecule has 0 aliphatic carbocycles. The number of benzene rings is 1. The van der Waals surface area contributed by atoms with Crippen molar-refractivity contribution in [3.63, 3.8) is 0 Å². The van der Waals surface area contributed by atoms with Crippen molar-refractivity contribution in [2.24, 2.45) is 0 Å². The van der Waals surface area contributed by atoms with Crippen LogP contribution in [0.5, 0.6) is 0 Å². The molecule has 0 bridgehead atoms. The molecule has 3 heterocycles. The van der Waals surface area contributed by atoms with Crippen molar-refractivity contribution in [1.82, 2.24) is 13.9 Å². The van der Waals surface area contributed by atoms with E-state index in [4.69, 9.17) is 0 Å². The molecule has 4 rings (SSSR count). The predicted octanol–water partition coefficient (Wildman–Crippen LogP) is 2.59. The molecule has 1 atom stereocenters. The van der Waals surface area contributed by atoms with E-state index in [2.05, 4.69) is 4.98 Å². The molecule has 0 radical (unpaired) electrons. The molecule has 0 fully saturated rings. The van der Waals surface area contributed by atoms with Crippen LogP contribution in [-0.2, 0) is 16.6 Å². The number of sulfonamides is 1. The third-order valence-corrected chi connectivity index (χ3v) is 6.55. The van der Waals surface area contributed by atoms with Gasteiger partial charge in [-0.3, -0.25) is 15.1 Å². The van der Waals surface area contributed by atoms with Gasteiger partial charge in [0.15, 0.2) is 0 Å².